The fourth-order valence-corrected chi connectivity index (χ4v) is 1.89. The van der Waals surface area contributed by atoms with Gasteiger partial charge in [-0.1, -0.05) is 6.92 Å². The summed E-state index contributed by atoms with van der Waals surface area (Å²) < 4.78 is 2.21. The van der Waals surface area contributed by atoms with Gasteiger partial charge in [0.05, 0.1) is 6.54 Å². The van der Waals surface area contributed by atoms with E-state index >= 15 is 0 Å². The van der Waals surface area contributed by atoms with Gasteiger partial charge in [0, 0.05) is 31.3 Å². The first-order valence-electron chi connectivity index (χ1n) is 6.49. The van der Waals surface area contributed by atoms with Crippen molar-refractivity contribution in [2.24, 2.45) is 0 Å². The minimum Gasteiger partial charge on any atom is -0.334 e. The van der Waals surface area contributed by atoms with Crippen LogP contribution in [0.4, 0.5) is 0 Å². The van der Waals surface area contributed by atoms with E-state index in [1.165, 1.54) is 5.56 Å². The standard InChI is InChI=1S/C14H20N4/c1-2-6-16-12-14-17-9-11-18(14)10-5-13-3-7-15-8-4-13/h3-4,7-9,11,16H,2,5-6,10,12H2,1H3. The summed E-state index contributed by atoms with van der Waals surface area (Å²) in [5, 5.41) is 3.38. The third kappa shape index (κ3) is 3.67. The number of aryl methyl sites for hydroxylation is 2. The van der Waals surface area contributed by atoms with Gasteiger partial charge in [-0.3, -0.25) is 4.98 Å². The van der Waals surface area contributed by atoms with Gasteiger partial charge >= 0.3 is 0 Å². The Bertz CT molecular complexity index is 450. The lowest BCUT2D eigenvalue weighted by Gasteiger charge is -2.08. The highest BCUT2D eigenvalue weighted by Crippen LogP contribution is 2.03. The number of aromatic nitrogens is 3. The van der Waals surface area contributed by atoms with E-state index in [0.29, 0.717) is 0 Å². The van der Waals surface area contributed by atoms with E-state index in [1.54, 1.807) is 0 Å². The molecule has 0 unspecified atom stereocenters. The van der Waals surface area contributed by atoms with Crippen LogP contribution in [0.2, 0.25) is 0 Å². The molecule has 4 nitrogen and oxygen atoms in total. The topological polar surface area (TPSA) is 42.7 Å². The van der Waals surface area contributed by atoms with Crippen LogP contribution in [0.25, 0.3) is 0 Å². The Labute approximate surface area is 108 Å². The predicted octanol–water partition coefficient (Wildman–Crippen LogP) is 2.02. The van der Waals surface area contributed by atoms with E-state index in [2.05, 4.69) is 38.9 Å². The van der Waals surface area contributed by atoms with Gasteiger partial charge in [0.25, 0.3) is 0 Å². The van der Waals surface area contributed by atoms with Gasteiger partial charge in [-0.25, -0.2) is 4.98 Å². The van der Waals surface area contributed by atoms with Gasteiger partial charge in [0.2, 0.25) is 0 Å². The molecule has 0 saturated carbocycles. The van der Waals surface area contributed by atoms with Crippen molar-refractivity contribution in [3.8, 4) is 0 Å². The summed E-state index contributed by atoms with van der Waals surface area (Å²) in [6, 6.07) is 4.12. The van der Waals surface area contributed by atoms with Gasteiger partial charge < -0.3 is 9.88 Å². The van der Waals surface area contributed by atoms with E-state index in [9.17, 15) is 0 Å². The molecule has 0 aliphatic rings. The zero-order chi connectivity index (χ0) is 12.6. The first kappa shape index (κ1) is 12.8. The van der Waals surface area contributed by atoms with Crippen molar-refractivity contribution in [1.82, 2.24) is 19.9 Å². The molecular formula is C14H20N4. The molecule has 0 atom stereocenters. The summed E-state index contributed by atoms with van der Waals surface area (Å²) in [5.41, 5.74) is 1.31. The zero-order valence-electron chi connectivity index (χ0n) is 10.8. The molecular weight excluding hydrogens is 224 g/mol. The summed E-state index contributed by atoms with van der Waals surface area (Å²) in [5.74, 6) is 1.11. The molecule has 0 aliphatic heterocycles. The number of hydrogen-bond donors (Lipinski definition) is 1. The molecule has 0 saturated heterocycles. The second kappa shape index (κ2) is 6.91. The minimum atomic E-state index is 0.844. The van der Waals surface area contributed by atoms with Crippen molar-refractivity contribution in [1.29, 1.82) is 0 Å². The highest BCUT2D eigenvalue weighted by molar-refractivity contribution is 5.09. The molecule has 2 heterocycles. The van der Waals surface area contributed by atoms with Crippen LogP contribution < -0.4 is 5.32 Å². The maximum absolute atomic E-state index is 4.39. The van der Waals surface area contributed by atoms with E-state index < -0.39 is 0 Å². The lowest BCUT2D eigenvalue weighted by atomic mass is 10.2. The van der Waals surface area contributed by atoms with Crippen LogP contribution in [-0.4, -0.2) is 21.1 Å². The van der Waals surface area contributed by atoms with Gasteiger partial charge in [-0.05, 0) is 37.1 Å². The first-order valence-corrected chi connectivity index (χ1v) is 6.49. The highest BCUT2D eigenvalue weighted by atomic mass is 15.1. The van der Waals surface area contributed by atoms with Crippen molar-refractivity contribution < 1.29 is 0 Å². The second-order valence-corrected chi connectivity index (χ2v) is 4.32. The molecule has 0 aromatic carbocycles. The van der Waals surface area contributed by atoms with Crippen LogP contribution in [0.1, 0.15) is 24.7 Å². The summed E-state index contributed by atoms with van der Waals surface area (Å²) in [6.07, 6.45) is 9.76. The Morgan fingerprint density at radius 1 is 1.22 bits per heavy atom. The van der Waals surface area contributed by atoms with Crippen LogP contribution in [0.3, 0.4) is 0 Å². The summed E-state index contributed by atoms with van der Waals surface area (Å²) in [4.78, 5) is 8.42. The van der Waals surface area contributed by atoms with Crippen LogP contribution in [0.15, 0.2) is 36.9 Å². The number of imidazole rings is 1. The van der Waals surface area contributed by atoms with Crippen LogP contribution in [-0.2, 0) is 19.5 Å². The van der Waals surface area contributed by atoms with Crippen LogP contribution in [0, 0.1) is 0 Å². The molecule has 0 radical (unpaired) electrons. The molecule has 96 valence electrons. The number of pyridine rings is 1. The fourth-order valence-electron chi connectivity index (χ4n) is 1.89. The lowest BCUT2D eigenvalue weighted by Crippen LogP contribution is -2.18. The van der Waals surface area contributed by atoms with Gasteiger partial charge in [0.15, 0.2) is 0 Å². The fraction of sp³-hybridized carbons (Fsp3) is 0.429. The lowest BCUT2D eigenvalue weighted by molar-refractivity contribution is 0.591. The van der Waals surface area contributed by atoms with E-state index in [-0.39, 0.29) is 0 Å². The van der Waals surface area contributed by atoms with Crippen molar-refractivity contribution in [2.75, 3.05) is 6.54 Å². The average molecular weight is 244 g/mol. The molecule has 18 heavy (non-hydrogen) atoms. The maximum atomic E-state index is 4.39. The van der Waals surface area contributed by atoms with Gasteiger partial charge in [0.1, 0.15) is 5.82 Å². The monoisotopic (exact) mass is 244 g/mol. The van der Waals surface area contributed by atoms with E-state index in [4.69, 9.17) is 0 Å². The second-order valence-electron chi connectivity index (χ2n) is 4.32. The van der Waals surface area contributed by atoms with Gasteiger partial charge in [-0.2, -0.15) is 0 Å². The molecule has 1 N–H and O–H groups in total. The SMILES string of the molecule is CCCNCc1nccn1CCc1ccncc1. The Morgan fingerprint density at radius 3 is 2.83 bits per heavy atom. The Kier molecular flexibility index (Phi) is 4.90. The van der Waals surface area contributed by atoms with Crippen LogP contribution >= 0.6 is 0 Å². The summed E-state index contributed by atoms with van der Waals surface area (Å²) >= 11 is 0. The Morgan fingerprint density at radius 2 is 2.06 bits per heavy atom. The molecule has 2 aromatic heterocycles. The highest BCUT2D eigenvalue weighted by Gasteiger charge is 2.02. The molecule has 4 heteroatoms. The summed E-state index contributed by atoms with van der Waals surface area (Å²) in [6.45, 7) is 5.02. The predicted molar refractivity (Wildman–Crippen MR) is 72.2 cm³/mol. The molecule has 0 fully saturated rings. The summed E-state index contributed by atoms with van der Waals surface area (Å²) in [7, 11) is 0. The van der Waals surface area contributed by atoms with Crippen molar-refractivity contribution >= 4 is 0 Å². The molecule has 0 aliphatic carbocycles. The largest absolute Gasteiger partial charge is 0.334 e. The molecule has 0 amide bonds. The zero-order valence-corrected chi connectivity index (χ0v) is 10.8. The van der Waals surface area contributed by atoms with Crippen molar-refractivity contribution in [3.05, 3.63) is 48.3 Å². The number of hydrogen-bond acceptors (Lipinski definition) is 3. The molecule has 0 spiro atoms. The number of nitrogens with one attached hydrogen (secondary N) is 1. The van der Waals surface area contributed by atoms with E-state index in [1.807, 2.05) is 24.8 Å². The number of rotatable bonds is 7. The Hall–Kier alpha value is -1.68. The average Bonchev–Trinajstić information content (AvgIpc) is 2.86. The molecule has 0 bridgehead atoms. The maximum Gasteiger partial charge on any atom is 0.122 e. The molecule has 2 rings (SSSR count). The smallest absolute Gasteiger partial charge is 0.122 e. The normalized spacial score (nSPS) is 10.7. The first-order chi connectivity index (χ1) is 8.90. The minimum absolute atomic E-state index is 0.844. The quantitative estimate of drug-likeness (QED) is 0.758. The third-order valence-electron chi connectivity index (χ3n) is 2.90. The third-order valence-corrected chi connectivity index (χ3v) is 2.90. The van der Waals surface area contributed by atoms with Crippen LogP contribution in [0.5, 0.6) is 0 Å². The van der Waals surface area contributed by atoms with Crippen molar-refractivity contribution in [3.63, 3.8) is 0 Å². The number of nitrogens with zero attached hydrogens (tertiary/aromatic N) is 3. The Balaban J connectivity index is 1.87. The van der Waals surface area contributed by atoms with Gasteiger partial charge in [-0.15, -0.1) is 0 Å². The van der Waals surface area contributed by atoms with E-state index in [0.717, 1.165) is 38.3 Å². The van der Waals surface area contributed by atoms with Crippen molar-refractivity contribution in [2.45, 2.75) is 32.9 Å². The molecule has 2 aromatic rings.